The quantitative estimate of drug-likeness (QED) is 0.535. The molecule has 5 nitrogen and oxygen atoms in total. The van der Waals surface area contributed by atoms with Gasteiger partial charge in [-0.15, -0.1) is 0 Å². The number of ketones is 2. The van der Waals surface area contributed by atoms with Crippen molar-refractivity contribution < 1.29 is 19.1 Å². The summed E-state index contributed by atoms with van der Waals surface area (Å²) in [6.07, 6.45) is 7.41. The summed E-state index contributed by atoms with van der Waals surface area (Å²) in [6, 6.07) is 8.76. The van der Waals surface area contributed by atoms with Crippen LogP contribution in [0.25, 0.3) is 0 Å². The van der Waals surface area contributed by atoms with Gasteiger partial charge in [-0.1, -0.05) is 24.6 Å². The van der Waals surface area contributed by atoms with E-state index in [0.29, 0.717) is 18.8 Å². The van der Waals surface area contributed by atoms with Crippen LogP contribution in [0.15, 0.2) is 47.1 Å². The number of carbonyl (C=O) groups excluding carboxylic acids is 3. The van der Waals surface area contributed by atoms with Crippen molar-refractivity contribution in [1.29, 1.82) is 0 Å². The van der Waals surface area contributed by atoms with Gasteiger partial charge in [0, 0.05) is 44.5 Å². The van der Waals surface area contributed by atoms with Crippen LogP contribution in [-0.4, -0.2) is 37.2 Å². The van der Waals surface area contributed by atoms with Crippen LogP contribution < -0.4 is 4.90 Å². The predicted octanol–water partition coefficient (Wildman–Crippen LogP) is 5.54. The minimum Gasteiger partial charge on any atom is -0.451 e. The normalized spacial score (nSPS) is 33.9. The molecule has 0 aromatic heterocycles. The van der Waals surface area contributed by atoms with E-state index in [-0.39, 0.29) is 29.4 Å². The van der Waals surface area contributed by atoms with E-state index in [4.69, 9.17) is 4.74 Å². The van der Waals surface area contributed by atoms with Gasteiger partial charge < -0.3 is 9.64 Å². The van der Waals surface area contributed by atoms with Gasteiger partial charge in [0.05, 0.1) is 0 Å². The fraction of sp³-hybridized carbons (Fsp3) is 0.567. The van der Waals surface area contributed by atoms with Crippen molar-refractivity contribution >= 4 is 23.2 Å². The number of anilines is 1. The van der Waals surface area contributed by atoms with Gasteiger partial charge in [0.25, 0.3) is 0 Å². The van der Waals surface area contributed by atoms with Crippen molar-refractivity contribution in [2.75, 3.05) is 19.0 Å². The fourth-order valence-electron chi connectivity index (χ4n) is 8.02. The highest BCUT2D eigenvalue weighted by molar-refractivity contribution is 5.93. The summed E-state index contributed by atoms with van der Waals surface area (Å²) < 4.78 is 6.00. The SMILES string of the molecule is CC(=O)O[C@]1(C(C)=O)CC[C@@H]2[C@@H]3CCC4=CC(=O)CCC4=C3[C@H](c3ccc(N(C)C)cc3)C[C@@]21C. The van der Waals surface area contributed by atoms with Gasteiger partial charge in [0.2, 0.25) is 0 Å². The molecule has 0 unspecified atom stereocenters. The van der Waals surface area contributed by atoms with E-state index < -0.39 is 11.0 Å². The number of ether oxygens (including phenoxy) is 1. The lowest BCUT2D eigenvalue weighted by atomic mass is 9.50. The molecule has 4 aliphatic carbocycles. The van der Waals surface area contributed by atoms with Crippen LogP contribution in [0, 0.1) is 17.3 Å². The van der Waals surface area contributed by atoms with E-state index in [2.05, 4.69) is 36.1 Å². The van der Waals surface area contributed by atoms with Crippen LogP contribution in [0.1, 0.15) is 77.2 Å². The molecule has 4 aliphatic rings. The Labute approximate surface area is 208 Å². The molecule has 0 bridgehead atoms. The average Bonchev–Trinajstić information content (AvgIpc) is 3.10. The number of fused-ring (bicyclic) bond motifs is 4. The van der Waals surface area contributed by atoms with Crippen LogP contribution in [0.4, 0.5) is 5.69 Å². The van der Waals surface area contributed by atoms with Crippen molar-refractivity contribution in [2.45, 2.75) is 77.2 Å². The van der Waals surface area contributed by atoms with Gasteiger partial charge >= 0.3 is 5.97 Å². The Morgan fingerprint density at radius 1 is 1.03 bits per heavy atom. The van der Waals surface area contributed by atoms with Crippen LogP contribution in [0.5, 0.6) is 0 Å². The second kappa shape index (κ2) is 8.46. The van der Waals surface area contributed by atoms with Crippen LogP contribution in [0.3, 0.4) is 0 Å². The number of rotatable bonds is 4. The third kappa shape index (κ3) is 3.61. The van der Waals surface area contributed by atoms with E-state index in [1.807, 2.05) is 20.2 Å². The van der Waals surface area contributed by atoms with Crippen molar-refractivity contribution in [3.8, 4) is 0 Å². The maximum atomic E-state index is 13.2. The maximum absolute atomic E-state index is 13.2. The first-order chi connectivity index (χ1) is 16.6. The first kappa shape index (κ1) is 24.0. The number of Topliss-reactive ketones (excluding diaryl/α,β-unsaturated/α-hetero) is 1. The Hall–Kier alpha value is -2.69. The molecule has 5 atom stereocenters. The van der Waals surface area contributed by atoms with E-state index in [0.717, 1.165) is 37.8 Å². The molecular formula is C30H37NO4. The number of hydrogen-bond donors (Lipinski definition) is 0. The summed E-state index contributed by atoms with van der Waals surface area (Å²) in [5.41, 5.74) is 4.98. The molecule has 2 fully saturated rings. The van der Waals surface area contributed by atoms with Gasteiger partial charge in [-0.25, -0.2) is 0 Å². The zero-order valence-corrected chi connectivity index (χ0v) is 21.6. The summed E-state index contributed by atoms with van der Waals surface area (Å²) in [5.74, 6) is 0.584. The smallest absolute Gasteiger partial charge is 0.303 e. The lowest BCUT2D eigenvalue weighted by Gasteiger charge is -2.55. The minimum absolute atomic E-state index is 0.0323. The molecule has 186 valence electrons. The summed E-state index contributed by atoms with van der Waals surface area (Å²) in [5, 5.41) is 0. The summed E-state index contributed by atoms with van der Waals surface area (Å²) >= 11 is 0. The molecule has 0 N–H and O–H groups in total. The molecule has 35 heavy (non-hydrogen) atoms. The number of nitrogens with zero attached hydrogens (tertiary/aromatic N) is 1. The van der Waals surface area contributed by atoms with Crippen LogP contribution in [0.2, 0.25) is 0 Å². The van der Waals surface area contributed by atoms with Gasteiger partial charge in [-0.3, -0.25) is 14.4 Å². The number of esters is 1. The second-order valence-electron chi connectivity index (χ2n) is 11.5. The Morgan fingerprint density at radius 3 is 2.37 bits per heavy atom. The maximum Gasteiger partial charge on any atom is 0.303 e. The van der Waals surface area contributed by atoms with E-state index >= 15 is 0 Å². The molecular weight excluding hydrogens is 438 g/mol. The number of allylic oxidation sites excluding steroid dienone is 4. The molecule has 0 amide bonds. The van der Waals surface area contributed by atoms with Gasteiger partial charge in [-0.2, -0.15) is 0 Å². The Bertz CT molecular complexity index is 1140. The average molecular weight is 476 g/mol. The highest BCUT2D eigenvalue weighted by Crippen LogP contribution is 2.67. The Balaban J connectivity index is 1.68. The van der Waals surface area contributed by atoms with Crippen molar-refractivity contribution in [3.05, 3.63) is 52.6 Å². The summed E-state index contributed by atoms with van der Waals surface area (Å²) in [4.78, 5) is 39.8. The Morgan fingerprint density at radius 2 is 1.74 bits per heavy atom. The molecule has 2 saturated carbocycles. The standard InChI is InChI=1S/C30H37NO4/c1-18(32)30(35-19(2)33)15-14-27-25-12-8-21-16-23(34)11-13-24(21)28(25)26(17-29(27,30)3)20-6-9-22(10-7-20)31(4)5/h6-7,9-10,16,25-27H,8,11-15,17H2,1-5H3/t25-,26-,27+,29-,30-/m0/s1. The lowest BCUT2D eigenvalue weighted by molar-refractivity contribution is -0.182. The van der Waals surface area contributed by atoms with Crippen molar-refractivity contribution in [1.82, 2.24) is 0 Å². The lowest BCUT2D eigenvalue weighted by Crippen LogP contribution is -2.57. The van der Waals surface area contributed by atoms with Gasteiger partial charge in [-0.05, 0) is 92.2 Å². The highest BCUT2D eigenvalue weighted by atomic mass is 16.6. The number of carbonyl (C=O) groups is 3. The zero-order valence-electron chi connectivity index (χ0n) is 21.6. The molecule has 1 aromatic carbocycles. The van der Waals surface area contributed by atoms with E-state index in [1.54, 1.807) is 6.92 Å². The predicted molar refractivity (Wildman–Crippen MR) is 136 cm³/mol. The monoisotopic (exact) mass is 475 g/mol. The van der Waals surface area contributed by atoms with Gasteiger partial charge in [0.1, 0.15) is 0 Å². The van der Waals surface area contributed by atoms with Crippen molar-refractivity contribution in [3.63, 3.8) is 0 Å². The summed E-state index contributed by atoms with van der Waals surface area (Å²) in [7, 11) is 4.08. The van der Waals surface area contributed by atoms with Crippen LogP contribution in [-0.2, 0) is 19.1 Å². The minimum atomic E-state index is -1.07. The molecule has 5 heteroatoms. The van der Waals surface area contributed by atoms with E-state index in [9.17, 15) is 14.4 Å². The topological polar surface area (TPSA) is 63.7 Å². The number of benzene rings is 1. The molecule has 0 radical (unpaired) electrons. The molecule has 5 rings (SSSR count). The molecule has 1 aromatic rings. The first-order valence-electron chi connectivity index (χ1n) is 13.0. The summed E-state index contributed by atoms with van der Waals surface area (Å²) in [6.45, 7) is 5.22. The molecule has 0 aliphatic heterocycles. The first-order valence-corrected chi connectivity index (χ1v) is 13.0. The molecule has 0 heterocycles. The number of hydrogen-bond acceptors (Lipinski definition) is 5. The molecule has 0 saturated heterocycles. The van der Waals surface area contributed by atoms with Crippen molar-refractivity contribution in [2.24, 2.45) is 17.3 Å². The molecule has 0 spiro atoms. The van der Waals surface area contributed by atoms with E-state index in [1.165, 1.54) is 29.2 Å². The fourth-order valence-corrected chi connectivity index (χ4v) is 8.02. The second-order valence-corrected chi connectivity index (χ2v) is 11.5. The largest absolute Gasteiger partial charge is 0.451 e. The van der Waals surface area contributed by atoms with Crippen LogP contribution >= 0.6 is 0 Å². The third-order valence-corrected chi connectivity index (χ3v) is 9.55. The highest BCUT2D eigenvalue weighted by Gasteiger charge is 2.67. The third-order valence-electron chi connectivity index (χ3n) is 9.55. The Kier molecular flexibility index (Phi) is 5.81. The van der Waals surface area contributed by atoms with Gasteiger partial charge in [0.15, 0.2) is 17.2 Å². The zero-order chi connectivity index (χ0) is 25.1.